The smallest absolute Gasteiger partial charge is 0.191 e. The van der Waals surface area contributed by atoms with Crippen LogP contribution >= 0.6 is 0 Å². The lowest BCUT2D eigenvalue weighted by atomic mass is 10.0. The van der Waals surface area contributed by atoms with Crippen LogP contribution in [0.2, 0.25) is 0 Å². The Morgan fingerprint density at radius 3 is 2.52 bits per heavy atom. The Kier molecular flexibility index (Phi) is 10.0. The molecule has 2 atom stereocenters. The molecule has 1 fully saturated rings. The van der Waals surface area contributed by atoms with Crippen LogP contribution in [0.4, 0.5) is 0 Å². The third-order valence-electron chi connectivity index (χ3n) is 4.85. The number of morpholine rings is 1. The highest BCUT2D eigenvalue weighted by atomic mass is 16.5. The number of benzene rings is 1. The standard InChI is InChI=1S/C21H36N4O4/c1-6-22-21(24-16(2)15-26-3)23-14-18(25-9-11-29-12-10-25)17-7-8-19(27-4)20(13-17)28-5/h7-8,13,16,18H,6,9-12,14-15H2,1-5H3,(H2,22,23,24). The van der Waals surface area contributed by atoms with Gasteiger partial charge in [-0.2, -0.15) is 0 Å². The monoisotopic (exact) mass is 408 g/mol. The summed E-state index contributed by atoms with van der Waals surface area (Å²) in [5.41, 5.74) is 1.15. The summed E-state index contributed by atoms with van der Waals surface area (Å²) in [6.07, 6.45) is 0. The van der Waals surface area contributed by atoms with Crippen LogP contribution < -0.4 is 20.1 Å². The molecule has 29 heavy (non-hydrogen) atoms. The van der Waals surface area contributed by atoms with Crippen LogP contribution in [0.3, 0.4) is 0 Å². The van der Waals surface area contributed by atoms with Gasteiger partial charge >= 0.3 is 0 Å². The van der Waals surface area contributed by atoms with Crippen molar-refractivity contribution in [2.45, 2.75) is 25.9 Å². The van der Waals surface area contributed by atoms with Crippen LogP contribution in [0.5, 0.6) is 11.5 Å². The summed E-state index contributed by atoms with van der Waals surface area (Å²) < 4.78 is 21.7. The minimum atomic E-state index is 0.117. The van der Waals surface area contributed by atoms with Crippen LogP contribution in [0.25, 0.3) is 0 Å². The number of hydrogen-bond acceptors (Lipinski definition) is 6. The van der Waals surface area contributed by atoms with E-state index in [1.165, 1.54) is 0 Å². The lowest BCUT2D eigenvalue weighted by molar-refractivity contribution is 0.0179. The van der Waals surface area contributed by atoms with Crippen LogP contribution in [0.15, 0.2) is 23.2 Å². The quantitative estimate of drug-likeness (QED) is 0.450. The highest BCUT2D eigenvalue weighted by Crippen LogP contribution is 2.32. The SMILES string of the molecule is CCNC(=NCC(c1ccc(OC)c(OC)c1)N1CCOCC1)NC(C)COC. The molecule has 1 heterocycles. The van der Waals surface area contributed by atoms with Gasteiger partial charge in [-0.15, -0.1) is 0 Å². The third kappa shape index (κ3) is 7.06. The van der Waals surface area contributed by atoms with E-state index in [2.05, 4.69) is 35.4 Å². The maximum Gasteiger partial charge on any atom is 0.191 e. The van der Waals surface area contributed by atoms with Crippen molar-refractivity contribution in [3.8, 4) is 11.5 Å². The van der Waals surface area contributed by atoms with Gasteiger partial charge < -0.3 is 29.6 Å². The van der Waals surface area contributed by atoms with Gasteiger partial charge in [-0.25, -0.2) is 0 Å². The maximum absolute atomic E-state index is 5.55. The van der Waals surface area contributed by atoms with E-state index in [0.29, 0.717) is 13.2 Å². The van der Waals surface area contributed by atoms with E-state index in [0.717, 1.165) is 55.9 Å². The molecule has 8 heteroatoms. The lowest BCUT2D eigenvalue weighted by Gasteiger charge is -2.34. The molecule has 0 spiro atoms. The highest BCUT2D eigenvalue weighted by Gasteiger charge is 2.24. The topological polar surface area (TPSA) is 76.6 Å². The van der Waals surface area contributed by atoms with E-state index in [9.17, 15) is 0 Å². The minimum Gasteiger partial charge on any atom is -0.493 e. The molecule has 1 aliphatic rings. The number of nitrogens with one attached hydrogen (secondary N) is 2. The summed E-state index contributed by atoms with van der Waals surface area (Å²) in [6, 6.07) is 6.37. The number of ether oxygens (including phenoxy) is 4. The first-order valence-electron chi connectivity index (χ1n) is 10.2. The molecular weight excluding hydrogens is 372 g/mol. The summed E-state index contributed by atoms with van der Waals surface area (Å²) in [6.45, 7) is 9.38. The van der Waals surface area contributed by atoms with Gasteiger partial charge in [-0.05, 0) is 31.5 Å². The highest BCUT2D eigenvalue weighted by molar-refractivity contribution is 5.80. The van der Waals surface area contributed by atoms with Crippen molar-refractivity contribution in [3.63, 3.8) is 0 Å². The fourth-order valence-electron chi connectivity index (χ4n) is 3.40. The van der Waals surface area contributed by atoms with Crippen LogP contribution in [0, 0.1) is 0 Å². The zero-order chi connectivity index (χ0) is 21.1. The number of rotatable bonds is 10. The van der Waals surface area contributed by atoms with Crippen molar-refractivity contribution >= 4 is 5.96 Å². The Bertz CT molecular complexity index is 635. The molecule has 8 nitrogen and oxygen atoms in total. The Morgan fingerprint density at radius 2 is 1.90 bits per heavy atom. The van der Waals surface area contributed by atoms with E-state index in [1.54, 1.807) is 21.3 Å². The molecule has 0 radical (unpaired) electrons. The van der Waals surface area contributed by atoms with Crippen LogP contribution in [0.1, 0.15) is 25.5 Å². The van der Waals surface area contributed by atoms with Gasteiger partial charge in [0.2, 0.25) is 0 Å². The van der Waals surface area contributed by atoms with Gasteiger partial charge in [-0.1, -0.05) is 6.07 Å². The largest absolute Gasteiger partial charge is 0.493 e. The van der Waals surface area contributed by atoms with Gasteiger partial charge in [-0.3, -0.25) is 9.89 Å². The van der Waals surface area contributed by atoms with E-state index in [1.807, 2.05) is 12.1 Å². The number of nitrogens with zero attached hydrogens (tertiary/aromatic N) is 2. The van der Waals surface area contributed by atoms with Crippen molar-refractivity contribution < 1.29 is 18.9 Å². The van der Waals surface area contributed by atoms with E-state index in [-0.39, 0.29) is 12.1 Å². The first-order chi connectivity index (χ1) is 14.1. The predicted molar refractivity (Wildman–Crippen MR) is 115 cm³/mol. The molecule has 2 N–H and O–H groups in total. The van der Waals surface area contributed by atoms with Crippen LogP contribution in [-0.4, -0.2) is 84.2 Å². The summed E-state index contributed by atoms with van der Waals surface area (Å²) in [4.78, 5) is 7.28. The summed E-state index contributed by atoms with van der Waals surface area (Å²) in [5, 5.41) is 6.71. The zero-order valence-electron chi connectivity index (χ0n) is 18.4. The first kappa shape index (κ1) is 23.3. The third-order valence-corrected chi connectivity index (χ3v) is 4.85. The number of hydrogen-bond donors (Lipinski definition) is 2. The summed E-state index contributed by atoms with van der Waals surface area (Å²) >= 11 is 0. The Balaban J connectivity index is 2.25. The molecule has 1 aliphatic heterocycles. The summed E-state index contributed by atoms with van der Waals surface area (Å²) in [7, 11) is 5.01. The van der Waals surface area contributed by atoms with E-state index >= 15 is 0 Å². The predicted octanol–water partition coefficient (Wildman–Crippen LogP) is 1.67. The van der Waals surface area contributed by atoms with Gasteiger partial charge in [0.25, 0.3) is 0 Å². The fourth-order valence-corrected chi connectivity index (χ4v) is 3.40. The average Bonchev–Trinajstić information content (AvgIpc) is 2.74. The molecule has 1 saturated heterocycles. The summed E-state index contributed by atoms with van der Waals surface area (Å²) in [5.74, 6) is 2.24. The maximum atomic E-state index is 5.55. The van der Waals surface area contributed by atoms with Crippen LogP contribution in [-0.2, 0) is 9.47 Å². The zero-order valence-corrected chi connectivity index (χ0v) is 18.4. The van der Waals surface area contributed by atoms with Crippen molar-refractivity contribution in [2.75, 3.05) is 67.3 Å². The fraction of sp³-hybridized carbons (Fsp3) is 0.667. The lowest BCUT2D eigenvalue weighted by Crippen LogP contribution is -2.45. The average molecular weight is 409 g/mol. The molecule has 1 aromatic carbocycles. The van der Waals surface area contributed by atoms with Gasteiger partial charge in [0.15, 0.2) is 17.5 Å². The second-order valence-corrected chi connectivity index (χ2v) is 7.00. The first-order valence-corrected chi connectivity index (χ1v) is 10.2. The van der Waals surface area contributed by atoms with Crippen molar-refractivity contribution in [2.24, 2.45) is 4.99 Å². The van der Waals surface area contributed by atoms with E-state index in [4.69, 9.17) is 23.9 Å². The second-order valence-electron chi connectivity index (χ2n) is 7.00. The van der Waals surface area contributed by atoms with Crippen molar-refractivity contribution in [3.05, 3.63) is 23.8 Å². The molecular formula is C21H36N4O4. The Morgan fingerprint density at radius 1 is 1.17 bits per heavy atom. The molecule has 0 aliphatic carbocycles. The van der Waals surface area contributed by atoms with Gasteiger partial charge in [0.05, 0.1) is 46.6 Å². The number of methoxy groups -OCH3 is 3. The second kappa shape index (κ2) is 12.5. The molecule has 0 bridgehead atoms. The minimum absolute atomic E-state index is 0.117. The Labute approximate surface area is 174 Å². The molecule has 0 amide bonds. The normalized spacial score (nSPS) is 17.5. The van der Waals surface area contributed by atoms with Gasteiger partial charge in [0.1, 0.15) is 0 Å². The van der Waals surface area contributed by atoms with E-state index < -0.39 is 0 Å². The van der Waals surface area contributed by atoms with Crippen molar-refractivity contribution in [1.29, 1.82) is 0 Å². The molecule has 1 aromatic rings. The molecule has 0 aromatic heterocycles. The molecule has 2 rings (SSSR count). The number of guanidine groups is 1. The molecule has 2 unspecified atom stereocenters. The van der Waals surface area contributed by atoms with Gasteiger partial charge in [0, 0.05) is 32.8 Å². The Hall–Kier alpha value is -2.03. The molecule has 0 saturated carbocycles. The molecule has 164 valence electrons. The van der Waals surface area contributed by atoms with Crippen molar-refractivity contribution in [1.82, 2.24) is 15.5 Å². The number of aliphatic imine (C=N–C) groups is 1.